The van der Waals surface area contributed by atoms with E-state index in [-0.39, 0.29) is 6.10 Å². The number of aliphatic hydroxyl groups excluding tert-OH is 1. The molecule has 2 N–H and O–H groups in total. The molecule has 3 nitrogen and oxygen atoms in total. The highest BCUT2D eigenvalue weighted by Gasteiger charge is 2.19. The molecule has 0 aromatic heterocycles. The van der Waals surface area contributed by atoms with Crippen LogP contribution in [0, 0.1) is 5.92 Å². The van der Waals surface area contributed by atoms with Gasteiger partial charge in [0.15, 0.2) is 0 Å². The van der Waals surface area contributed by atoms with Crippen molar-refractivity contribution >= 4 is 0 Å². The molecule has 0 aromatic carbocycles. The number of piperidine rings is 1. The molecule has 1 fully saturated rings. The Morgan fingerprint density at radius 3 is 3.00 bits per heavy atom. The summed E-state index contributed by atoms with van der Waals surface area (Å²) in [5.41, 5.74) is 0. The number of nitrogens with zero attached hydrogens (tertiary/aromatic N) is 1. The van der Waals surface area contributed by atoms with E-state index >= 15 is 0 Å². The molecule has 0 saturated carbocycles. The number of hydrogen-bond acceptors (Lipinski definition) is 3. The van der Waals surface area contributed by atoms with Crippen LogP contribution < -0.4 is 5.32 Å². The summed E-state index contributed by atoms with van der Waals surface area (Å²) in [4.78, 5) is 2.40. The lowest BCUT2D eigenvalue weighted by atomic mass is 9.95. The number of nitrogens with one attached hydrogen (secondary N) is 1. The fourth-order valence-electron chi connectivity index (χ4n) is 2.25. The van der Waals surface area contributed by atoms with Crippen molar-refractivity contribution in [1.29, 1.82) is 0 Å². The van der Waals surface area contributed by atoms with E-state index in [2.05, 4.69) is 17.1 Å². The maximum atomic E-state index is 9.66. The van der Waals surface area contributed by atoms with Crippen LogP contribution in [0.3, 0.4) is 0 Å². The first-order valence-electron chi connectivity index (χ1n) is 5.81. The van der Waals surface area contributed by atoms with Gasteiger partial charge >= 0.3 is 0 Å². The van der Waals surface area contributed by atoms with Crippen molar-refractivity contribution < 1.29 is 5.11 Å². The van der Waals surface area contributed by atoms with Crippen molar-refractivity contribution in [3.05, 3.63) is 0 Å². The van der Waals surface area contributed by atoms with Crippen LogP contribution in [0.2, 0.25) is 0 Å². The number of β-amino-alcohol motifs (C(OH)–C–C–N with tert-alkyl or cyclic N) is 1. The first kappa shape index (κ1) is 12.0. The summed E-state index contributed by atoms with van der Waals surface area (Å²) in [6.07, 6.45) is 3.73. The van der Waals surface area contributed by atoms with Gasteiger partial charge < -0.3 is 15.3 Å². The highest BCUT2D eigenvalue weighted by atomic mass is 16.3. The largest absolute Gasteiger partial charge is 0.390 e. The Hall–Kier alpha value is -0.120. The highest BCUT2D eigenvalue weighted by Crippen LogP contribution is 2.18. The zero-order chi connectivity index (χ0) is 10.4. The minimum atomic E-state index is -0.212. The third-order valence-electron chi connectivity index (χ3n) is 3.09. The maximum Gasteiger partial charge on any atom is 0.0791 e. The van der Waals surface area contributed by atoms with Crippen LogP contribution in [0.15, 0.2) is 0 Å². The van der Waals surface area contributed by atoms with Gasteiger partial charge in [-0.3, -0.25) is 0 Å². The summed E-state index contributed by atoms with van der Waals surface area (Å²) in [5.74, 6) is 0.852. The Kier molecular flexibility index (Phi) is 5.45. The van der Waals surface area contributed by atoms with E-state index in [0.29, 0.717) is 6.54 Å². The second-order valence-electron chi connectivity index (χ2n) is 4.39. The number of likely N-dealkylation sites (tertiary alicyclic amines) is 1. The van der Waals surface area contributed by atoms with Crippen LogP contribution in [-0.2, 0) is 0 Å². The smallest absolute Gasteiger partial charge is 0.0791 e. The summed E-state index contributed by atoms with van der Waals surface area (Å²) < 4.78 is 0. The lowest BCUT2D eigenvalue weighted by molar-refractivity contribution is 0.0844. The Labute approximate surface area is 87.5 Å². The molecular formula is C11H24N2O. The molecule has 0 radical (unpaired) electrons. The van der Waals surface area contributed by atoms with Gasteiger partial charge in [0.05, 0.1) is 6.10 Å². The fraction of sp³-hybridized carbons (Fsp3) is 1.00. The van der Waals surface area contributed by atoms with Crippen molar-refractivity contribution in [2.24, 2.45) is 5.92 Å². The molecule has 14 heavy (non-hydrogen) atoms. The van der Waals surface area contributed by atoms with E-state index < -0.39 is 0 Å². The van der Waals surface area contributed by atoms with Crippen LogP contribution in [0.4, 0.5) is 0 Å². The zero-order valence-corrected chi connectivity index (χ0v) is 9.50. The number of aliphatic hydroxyl groups is 1. The van der Waals surface area contributed by atoms with Crippen molar-refractivity contribution in [3.8, 4) is 0 Å². The average Bonchev–Trinajstić information content (AvgIpc) is 2.18. The fourth-order valence-corrected chi connectivity index (χ4v) is 2.25. The first-order valence-corrected chi connectivity index (χ1v) is 5.81. The molecule has 3 heteroatoms. The molecule has 0 aliphatic carbocycles. The van der Waals surface area contributed by atoms with Gasteiger partial charge in [-0.15, -0.1) is 0 Å². The predicted octanol–water partition coefficient (Wildman–Crippen LogP) is 0.689. The van der Waals surface area contributed by atoms with E-state index in [0.717, 1.165) is 19.0 Å². The summed E-state index contributed by atoms with van der Waals surface area (Å²) in [6.45, 7) is 6.14. The third-order valence-corrected chi connectivity index (χ3v) is 3.09. The van der Waals surface area contributed by atoms with E-state index in [9.17, 15) is 5.11 Å². The lowest BCUT2D eigenvalue weighted by Crippen LogP contribution is -2.42. The summed E-state index contributed by atoms with van der Waals surface area (Å²) in [6, 6.07) is 0. The minimum absolute atomic E-state index is 0.212. The van der Waals surface area contributed by atoms with E-state index in [1.165, 1.54) is 25.8 Å². The van der Waals surface area contributed by atoms with Gasteiger partial charge in [-0.1, -0.05) is 13.3 Å². The molecule has 1 heterocycles. The normalized spacial score (nSPS) is 26.4. The van der Waals surface area contributed by atoms with Crippen LogP contribution in [0.1, 0.15) is 26.2 Å². The highest BCUT2D eigenvalue weighted by molar-refractivity contribution is 4.74. The Balaban J connectivity index is 2.22. The van der Waals surface area contributed by atoms with Crippen LogP contribution in [0.25, 0.3) is 0 Å². The molecule has 1 aliphatic rings. The predicted molar refractivity (Wildman–Crippen MR) is 59.4 cm³/mol. The van der Waals surface area contributed by atoms with Crippen molar-refractivity contribution in [2.45, 2.75) is 32.3 Å². The van der Waals surface area contributed by atoms with Gasteiger partial charge in [0.1, 0.15) is 0 Å². The van der Waals surface area contributed by atoms with Crippen LogP contribution in [0.5, 0.6) is 0 Å². The Morgan fingerprint density at radius 1 is 1.57 bits per heavy atom. The van der Waals surface area contributed by atoms with Gasteiger partial charge in [0.2, 0.25) is 0 Å². The molecular weight excluding hydrogens is 176 g/mol. The average molecular weight is 200 g/mol. The Bertz CT molecular complexity index is 152. The van der Waals surface area contributed by atoms with Crippen LogP contribution in [-0.4, -0.2) is 49.3 Å². The molecule has 1 saturated heterocycles. The second kappa shape index (κ2) is 6.38. The monoisotopic (exact) mass is 200 g/mol. The van der Waals surface area contributed by atoms with Crippen LogP contribution >= 0.6 is 0 Å². The summed E-state index contributed by atoms with van der Waals surface area (Å²) in [7, 11) is 1.88. The number of hydrogen-bond donors (Lipinski definition) is 2. The van der Waals surface area contributed by atoms with Crippen molar-refractivity contribution in [1.82, 2.24) is 10.2 Å². The molecule has 2 atom stereocenters. The second-order valence-corrected chi connectivity index (χ2v) is 4.39. The van der Waals surface area contributed by atoms with E-state index in [4.69, 9.17) is 0 Å². The topological polar surface area (TPSA) is 35.5 Å². The molecule has 0 amide bonds. The lowest BCUT2D eigenvalue weighted by Gasteiger charge is -2.33. The number of rotatable bonds is 5. The number of likely N-dealkylation sites (N-methyl/N-ethyl adjacent to an activating group) is 1. The zero-order valence-electron chi connectivity index (χ0n) is 9.50. The van der Waals surface area contributed by atoms with E-state index in [1.807, 2.05) is 7.05 Å². The van der Waals surface area contributed by atoms with Crippen molar-refractivity contribution in [2.75, 3.05) is 33.2 Å². The van der Waals surface area contributed by atoms with Gasteiger partial charge in [-0.2, -0.15) is 0 Å². The molecule has 84 valence electrons. The molecule has 1 rings (SSSR count). The molecule has 0 aromatic rings. The van der Waals surface area contributed by atoms with Crippen molar-refractivity contribution in [3.63, 3.8) is 0 Å². The Morgan fingerprint density at radius 2 is 2.36 bits per heavy atom. The molecule has 2 unspecified atom stereocenters. The molecule has 0 spiro atoms. The molecule has 0 bridgehead atoms. The van der Waals surface area contributed by atoms with Gasteiger partial charge in [0, 0.05) is 19.6 Å². The standard InChI is InChI=1S/C11H24N2O/c1-3-10-5-4-6-13(8-10)9-11(14)7-12-2/h10-12,14H,3-9H2,1-2H3. The summed E-state index contributed by atoms with van der Waals surface area (Å²) in [5, 5.41) is 12.7. The molecule has 1 aliphatic heterocycles. The van der Waals surface area contributed by atoms with Gasteiger partial charge in [-0.05, 0) is 32.4 Å². The maximum absolute atomic E-state index is 9.66. The quantitative estimate of drug-likeness (QED) is 0.685. The van der Waals surface area contributed by atoms with Gasteiger partial charge in [-0.25, -0.2) is 0 Å². The SMILES string of the molecule is CCC1CCCN(CC(O)CNC)C1. The third kappa shape index (κ3) is 3.95. The van der Waals surface area contributed by atoms with E-state index in [1.54, 1.807) is 0 Å². The first-order chi connectivity index (χ1) is 6.76. The minimum Gasteiger partial charge on any atom is -0.390 e. The van der Waals surface area contributed by atoms with Gasteiger partial charge in [0.25, 0.3) is 0 Å². The summed E-state index contributed by atoms with van der Waals surface area (Å²) >= 11 is 0.